The van der Waals surface area contributed by atoms with E-state index < -0.39 is 0 Å². The van der Waals surface area contributed by atoms with Gasteiger partial charge in [0.15, 0.2) is 0 Å². The van der Waals surface area contributed by atoms with Gasteiger partial charge in [0.1, 0.15) is 0 Å². The van der Waals surface area contributed by atoms with E-state index in [0.29, 0.717) is 6.04 Å². The average Bonchev–Trinajstić information content (AvgIpc) is 2.50. The number of hydrogen-bond acceptors (Lipinski definition) is 1. The smallest absolute Gasteiger partial charge is 0.0387 e. The maximum atomic E-state index is 3.58. The van der Waals surface area contributed by atoms with Gasteiger partial charge in [-0.3, -0.25) is 0 Å². The number of rotatable bonds is 0. The van der Waals surface area contributed by atoms with E-state index in [2.05, 4.69) is 62.5 Å². The van der Waals surface area contributed by atoms with Crippen molar-refractivity contribution in [1.29, 1.82) is 0 Å². The van der Waals surface area contributed by atoms with E-state index in [9.17, 15) is 0 Å². The number of hydrogen-bond donors (Lipinski definition) is 1. The summed E-state index contributed by atoms with van der Waals surface area (Å²) >= 11 is 0. The Morgan fingerprint density at radius 2 is 1.76 bits per heavy atom. The Balaban J connectivity index is 0.00000108. The molecule has 1 aliphatic heterocycles. The summed E-state index contributed by atoms with van der Waals surface area (Å²) in [5, 5.41) is 6.31. The van der Waals surface area contributed by atoms with Gasteiger partial charge in [0.2, 0.25) is 0 Å². The summed E-state index contributed by atoms with van der Waals surface area (Å²) in [6, 6.07) is 13.6. The van der Waals surface area contributed by atoms with Gasteiger partial charge in [0.05, 0.1) is 0 Å². The molecule has 0 amide bonds. The highest BCUT2D eigenvalue weighted by Gasteiger charge is 2.37. The first-order valence-electron chi connectivity index (χ1n) is 5.89. The molecule has 1 unspecified atom stereocenters. The summed E-state index contributed by atoms with van der Waals surface area (Å²) in [6.07, 6.45) is 0. The normalized spacial score (nSPS) is 20.5. The van der Waals surface area contributed by atoms with Crippen LogP contribution in [0.1, 0.15) is 33.8 Å². The Bertz CT molecular complexity index is 554. The molecule has 3 rings (SSSR count). The van der Waals surface area contributed by atoms with Crippen LogP contribution in [0.3, 0.4) is 0 Å². The van der Waals surface area contributed by atoms with Gasteiger partial charge in [-0.25, -0.2) is 0 Å². The first-order valence-corrected chi connectivity index (χ1v) is 5.89. The topological polar surface area (TPSA) is 12.0 Å². The first-order chi connectivity index (χ1) is 7.60. The van der Waals surface area contributed by atoms with Crippen LogP contribution in [0.15, 0.2) is 36.4 Å². The molecule has 0 aliphatic carbocycles. The second-order valence-corrected chi connectivity index (χ2v) is 5.30. The van der Waals surface area contributed by atoms with Crippen molar-refractivity contribution in [3.8, 4) is 0 Å². The fourth-order valence-electron chi connectivity index (χ4n) is 2.72. The van der Waals surface area contributed by atoms with Crippen LogP contribution < -0.4 is 5.32 Å². The van der Waals surface area contributed by atoms with Crippen LogP contribution in [0, 0.1) is 0 Å². The van der Waals surface area contributed by atoms with E-state index in [1.807, 2.05) is 0 Å². The summed E-state index contributed by atoms with van der Waals surface area (Å²) < 4.78 is 0. The molecule has 1 N–H and O–H groups in total. The van der Waals surface area contributed by atoms with Crippen LogP contribution in [-0.4, -0.2) is 6.04 Å². The van der Waals surface area contributed by atoms with Crippen molar-refractivity contribution >= 4 is 16.5 Å². The van der Waals surface area contributed by atoms with Crippen molar-refractivity contribution in [2.75, 3.05) is 5.32 Å². The van der Waals surface area contributed by atoms with Gasteiger partial charge < -0.3 is 5.32 Å². The molecule has 1 heteroatoms. The molecule has 0 aromatic heterocycles. The molecule has 17 heavy (non-hydrogen) atoms. The molecular weight excluding hydrogens is 206 g/mol. The number of nitrogens with one attached hydrogen (secondary N) is 1. The van der Waals surface area contributed by atoms with Crippen LogP contribution in [0.2, 0.25) is 0 Å². The molecule has 0 spiro atoms. The zero-order valence-corrected chi connectivity index (χ0v) is 10.0. The van der Waals surface area contributed by atoms with Gasteiger partial charge in [-0.1, -0.05) is 51.6 Å². The number of anilines is 1. The molecule has 1 nitrogen and oxygen atoms in total. The third-order valence-electron chi connectivity index (χ3n) is 4.03. The molecule has 1 aliphatic rings. The molecule has 0 fully saturated rings. The van der Waals surface area contributed by atoms with Crippen LogP contribution >= 0.6 is 0 Å². The molecule has 1 heterocycles. The number of benzene rings is 2. The molecule has 2 aromatic rings. The molecule has 0 saturated carbocycles. The predicted octanol–water partition coefficient (Wildman–Crippen LogP) is 4.57. The Morgan fingerprint density at radius 1 is 1.06 bits per heavy atom. The highest BCUT2D eigenvalue weighted by molar-refractivity contribution is 5.92. The van der Waals surface area contributed by atoms with Gasteiger partial charge >= 0.3 is 0 Å². The summed E-state index contributed by atoms with van der Waals surface area (Å²) in [5.74, 6) is 0. The van der Waals surface area contributed by atoms with Crippen molar-refractivity contribution in [3.63, 3.8) is 0 Å². The van der Waals surface area contributed by atoms with E-state index in [1.165, 1.54) is 22.0 Å². The van der Waals surface area contributed by atoms with Gasteiger partial charge in [0, 0.05) is 17.1 Å². The van der Waals surface area contributed by atoms with Gasteiger partial charge in [-0.2, -0.15) is 0 Å². The lowest BCUT2D eigenvalue weighted by Crippen LogP contribution is -2.30. The third kappa shape index (κ3) is 1.53. The maximum absolute atomic E-state index is 3.58. The van der Waals surface area contributed by atoms with Crippen molar-refractivity contribution in [3.05, 3.63) is 42.0 Å². The number of fused-ring (bicyclic) bond motifs is 3. The van der Waals surface area contributed by atoms with E-state index in [-0.39, 0.29) is 12.8 Å². The summed E-state index contributed by atoms with van der Waals surface area (Å²) in [5.41, 5.74) is 2.98. The van der Waals surface area contributed by atoms with E-state index in [1.54, 1.807) is 0 Å². The molecule has 0 bridgehead atoms. The minimum atomic E-state index is 0. The Morgan fingerprint density at radius 3 is 2.53 bits per heavy atom. The minimum absolute atomic E-state index is 0. The molecule has 2 aromatic carbocycles. The monoisotopic (exact) mass is 227 g/mol. The fraction of sp³-hybridized carbons (Fsp3) is 0.375. The molecular formula is C16H21N. The Labute approximate surface area is 104 Å². The van der Waals surface area contributed by atoms with Crippen LogP contribution in [0.4, 0.5) is 5.69 Å². The lowest BCUT2D eigenvalue weighted by Gasteiger charge is -2.25. The average molecular weight is 227 g/mol. The van der Waals surface area contributed by atoms with Crippen molar-refractivity contribution in [2.24, 2.45) is 0 Å². The standard InChI is InChI=1S/C15H17N.CH4/c1-10-15(2,3)14-12-7-5-4-6-11(12)8-9-13(14)16-10;/h4-10,16H,1-3H3;1H4. The molecule has 1 atom stereocenters. The zero-order chi connectivity index (χ0) is 11.3. The molecule has 90 valence electrons. The zero-order valence-electron chi connectivity index (χ0n) is 10.0. The highest BCUT2D eigenvalue weighted by Crippen LogP contribution is 2.44. The summed E-state index contributed by atoms with van der Waals surface area (Å²) in [6.45, 7) is 6.90. The minimum Gasteiger partial charge on any atom is -0.381 e. The Hall–Kier alpha value is -1.50. The van der Waals surface area contributed by atoms with Gasteiger partial charge in [-0.15, -0.1) is 0 Å². The Kier molecular flexibility index (Phi) is 2.65. The van der Waals surface area contributed by atoms with E-state index in [0.717, 1.165) is 0 Å². The first kappa shape index (κ1) is 12.0. The highest BCUT2D eigenvalue weighted by atomic mass is 15.0. The lowest BCUT2D eigenvalue weighted by molar-refractivity contribution is 0.489. The van der Waals surface area contributed by atoms with Gasteiger partial charge in [-0.05, 0) is 29.3 Å². The third-order valence-corrected chi connectivity index (χ3v) is 4.03. The molecule has 0 saturated heterocycles. The lowest BCUT2D eigenvalue weighted by atomic mass is 9.79. The quantitative estimate of drug-likeness (QED) is 0.695. The van der Waals surface area contributed by atoms with E-state index in [4.69, 9.17) is 0 Å². The van der Waals surface area contributed by atoms with Crippen molar-refractivity contribution in [2.45, 2.75) is 39.7 Å². The second-order valence-electron chi connectivity index (χ2n) is 5.30. The van der Waals surface area contributed by atoms with Crippen LogP contribution in [-0.2, 0) is 5.41 Å². The van der Waals surface area contributed by atoms with Crippen molar-refractivity contribution < 1.29 is 0 Å². The summed E-state index contributed by atoms with van der Waals surface area (Å²) in [7, 11) is 0. The second kappa shape index (κ2) is 3.76. The van der Waals surface area contributed by atoms with Crippen LogP contribution in [0.25, 0.3) is 10.8 Å². The van der Waals surface area contributed by atoms with Gasteiger partial charge in [0.25, 0.3) is 0 Å². The SMILES string of the molecule is C.CC1Nc2ccc3ccccc3c2C1(C)C. The van der Waals surface area contributed by atoms with Crippen LogP contribution in [0.5, 0.6) is 0 Å². The fourth-order valence-corrected chi connectivity index (χ4v) is 2.72. The van der Waals surface area contributed by atoms with E-state index >= 15 is 0 Å². The van der Waals surface area contributed by atoms with Crippen molar-refractivity contribution in [1.82, 2.24) is 0 Å². The molecule has 0 radical (unpaired) electrons. The predicted molar refractivity (Wildman–Crippen MR) is 76.8 cm³/mol. The maximum Gasteiger partial charge on any atom is 0.0387 e. The summed E-state index contributed by atoms with van der Waals surface area (Å²) in [4.78, 5) is 0. The largest absolute Gasteiger partial charge is 0.381 e.